The number of carbonyl (C=O) groups excluding carboxylic acids is 2. The van der Waals surface area contributed by atoms with E-state index in [0.29, 0.717) is 23.9 Å². The average molecular weight is 561 g/mol. The molecule has 0 aliphatic carbocycles. The molecule has 2 atom stereocenters. The molecule has 5 rings (SSSR count). The summed E-state index contributed by atoms with van der Waals surface area (Å²) in [6.07, 6.45) is 0.243. The molecule has 3 aliphatic heterocycles. The Kier molecular flexibility index (Phi) is 7.84. The molecule has 0 N–H and O–H groups in total. The number of aryl methyl sites for hydroxylation is 1. The Bertz CT molecular complexity index is 1150. The number of aromatic nitrogens is 2. The highest BCUT2D eigenvalue weighted by Crippen LogP contribution is 2.30. The third-order valence-electron chi connectivity index (χ3n) is 7.29. The first-order valence-corrected chi connectivity index (χ1v) is 14.8. The number of likely N-dealkylation sites (tertiary alicyclic amines) is 1. The van der Waals surface area contributed by atoms with Crippen molar-refractivity contribution >= 4 is 41.2 Å². The van der Waals surface area contributed by atoms with Crippen LogP contribution in [0.1, 0.15) is 32.9 Å². The summed E-state index contributed by atoms with van der Waals surface area (Å²) in [5, 5.41) is 5.42. The molecule has 11 heteroatoms. The predicted molar refractivity (Wildman–Crippen MR) is 151 cm³/mol. The highest BCUT2D eigenvalue weighted by Gasteiger charge is 2.45. The van der Waals surface area contributed by atoms with Crippen LogP contribution in [0, 0.1) is 6.92 Å². The summed E-state index contributed by atoms with van der Waals surface area (Å²) in [4.78, 5) is 34.9. The van der Waals surface area contributed by atoms with Crippen LogP contribution in [0.25, 0.3) is 5.69 Å². The molecule has 2 aromatic rings. The first-order chi connectivity index (χ1) is 18.1. The summed E-state index contributed by atoms with van der Waals surface area (Å²) in [5.41, 5.74) is 1.33. The third-order valence-corrected chi connectivity index (χ3v) is 8.51. The fourth-order valence-electron chi connectivity index (χ4n) is 5.43. The molecule has 0 saturated carbocycles. The van der Waals surface area contributed by atoms with E-state index in [9.17, 15) is 9.59 Å². The minimum absolute atomic E-state index is 0.0457. The van der Waals surface area contributed by atoms with Gasteiger partial charge in [-0.25, -0.2) is 9.48 Å². The third kappa shape index (κ3) is 5.92. The monoisotopic (exact) mass is 560 g/mol. The molecule has 0 spiro atoms. The van der Waals surface area contributed by atoms with Gasteiger partial charge in [-0.1, -0.05) is 11.6 Å². The maximum atomic E-state index is 13.4. The van der Waals surface area contributed by atoms with Crippen molar-refractivity contribution in [1.82, 2.24) is 24.5 Å². The van der Waals surface area contributed by atoms with E-state index in [-0.39, 0.29) is 11.9 Å². The average Bonchev–Trinajstić information content (AvgIpc) is 3.63. The van der Waals surface area contributed by atoms with Crippen molar-refractivity contribution in [2.45, 2.75) is 51.8 Å². The van der Waals surface area contributed by atoms with Crippen molar-refractivity contribution in [3.8, 4) is 5.69 Å². The molecule has 3 aliphatic rings. The zero-order valence-corrected chi connectivity index (χ0v) is 24.2. The molecule has 38 heavy (non-hydrogen) atoms. The van der Waals surface area contributed by atoms with Crippen molar-refractivity contribution in [3.63, 3.8) is 0 Å². The van der Waals surface area contributed by atoms with E-state index in [4.69, 9.17) is 21.4 Å². The largest absolute Gasteiger partial charge is 0.444 e. The lowest BCUT2D eigenvalue weighted by Gasteiger charge is -2.38. The lowest BCUT2D eigenvalue weighted by molar-refractivity contribution is -0.134. The summed E-state index contributed by atoms with van der Waals surface area (Å²) in [6, 6.07) is 9.49. The van der Waals surface area contributed by atoms with Gasteiger partial charge in [-0.3, -0.25) is 14.6 Å². The van der Waals surface area contributed by atoms with Gasteiger partial charge < -0.3 is 14.5 Å². The van der Waals surface area contributed by atoms with Crippen LogP contribution in [0.3, 0.4) is 0 Å². The number of piperazine rings is 1. The Hall–Kier alpha value is -2.43. The minimum atomic E-state index is -0.608. The van der Waals surface area contributed by atoms with Crippen LogP contribution in [0.4, 0.5) is 10.6 Å². The maximum Gasteiger partial charge on any atom is 0.411 e. The fraction of sp³-hybridized carbons (Fsp3) is 0.593. The Balaban J connectivity index is 1.27. The number of nitrogens with zero attached hydrogens (tertiary/aromatic N) is 6. The Labute approximate surface area is 234 Å². The summed E-state index contributed by atoms with van der Waals surface area (Å²) in [7, 11) is 0. The minimum Gasteiger partial charge on any atom is -0.444 e. The van der Waals surface area contributed by atoms with Crippen LogP contribution < -0.4 is 4.90 Å². The number of carbonyl (C=O) groups is 2. The standard InChI is InChI=1S/C27H37ClN6O3S/c1-19-15-24(34(29-19)21-7-5-20(28)6-8-21)31-11-9-30(10-12-31)22-16-23(25(35)32-13-14-38-18-32)33(17-22)26(36)37-27(2,3)4/h5-8,15,22-23H,9-14,16-18H2,1-4H3/t22-,23-/m0/s1. The zero-order chi connectivity index (χ0) is 27.0. The van der Waals surface area contributed by atoms with Gasteiger partial charge >= 0.3 is 6.09 Å². The van der Waals surface area contributed by atoms with Crippen molar-refractivity contribution in [2.75, 3.05) is 55.8 Å². The van der Waals surface area contributed by atoms with Gasteiger partial charge in [0.1, 0.15) is 17.5 Å². The van der Waals surface area contributed by atoms with Gasteiger partial charge in [0.05, 0.1) is 17.3 Å². The van der Waals surface area contributed by atoms with Crippen molar-refractivity contribution in [1.29, 1.82) is 0 Å². The van der Waals surface area contributed by atoms with Gasteiger partial charge in [-0.05, 0) is 58.4 Å². The van der Waals surface area contributed by atoms with Gasteiger partial charge in [0, 0.05) is 62.2 Å². The summed E-state index contributed by atoms with van der Waals surface area (Å²) in [5.74, 6) is 2.75. The number of ether oxygens (including phenoxy) is 1. The maximum absolute atomic E-state index is 13.4. The normalized spacial score (nSPS) is 22.8. The molecular weight excluding hydrogens is 524 g/mol. The van der Waals surface area contributed by atoms with Crippen LogP contribution in [0.5, 0.6) is 0 Å². The number of hydrogen-bond acceptors (Lipinski definition) is 7. The van der Waals surface area contributed by atoms with Gasteiger partial charge in [-0.15, -0.1) is 11.8 Å². The number of hydrogen-bond donors (Lipinski definition) is 0. The zero-order valence-electron chi connectivity index (χ0n) is 22.6. The first-order valence-electron chi connectivity index (χ1n) is 13.3. The Morgan fingerprint density at radius 3 is 2.42 bits per heavy atom. The second-order valence-electron chi connectivity index (χ2n) is 11.2. The summed E-state index contributed by atoms with van der Waals surface area (Å²) in [6.45, 7) is 12.2. The smallest absolute Gasteiger partial charge is 0.411 e. The predicted octanol–water partition coefficient (Wildman–Crippen LogP) is 3.87. The topological polar surface area (TPSA) is 74.2 Å². The summed E-state index contributed by atoms with van der Waals surface area (Å²) < 4.78 is 7.68. The molecule has 2 amide bonds. The fourth-order valence-corrected chi connectivity index (χ4v) is 6.51. The SMILES string of the molecule is Cc1cc(N2CCN([C@H]3C[C@@H](C(=O)N4CCSC4)N(C(=O)OC(C)(C)C)C3)CC2)n(-c2ccc(Cl)cc2)n1. The van der Waals surface area contributed by atoms with E-state index in [1.54, 1.807) is 16.7 Å². The molecule has 206 valence electrons. The van der Waals surface area contributed by atoms with Crippen molar-refractivity contribution < 1.29 is 14.3 Å². The van der Waals surface area contributed by atoms with Gasteiger partial charge in [0.25, 0.3) is 0 Å². The molecule has 1 aromatic carbocycles. The number of rotatable bonds is 4. The van der Waals surface area contributed by atoms with E-state index in [1.165, 1.54) is 0 Å². The van der Waals surface area contributed by atoms with E-state index in [2.05, 4.69) is 15.9 Å². The number of thioether (sulfide) groups is 1. The van der Waals surface area contributed by atoms with Crippen LogP contribution in [-0.4, -0.2) is 105 Å². The van der Waals surface area contributed by atoms with Crippen molar-refractivity contribution in [2.24, 2.45) is 0 Å². The molecule has 0 unspecified atom stereocenters. The number of anilines is 1. The lowest BCUT2D eigenvalue weighted by Crippen LogP contribution is -2.51. The molecular formula is C27H37ClN6O3S. The molecule has 3 saturated heterocycles. The first kappa shape index (κ1) is 27.1. The Morgan fingerprint density at radius 2 is 1.79 bits per heavy atom. The molecule has 3 fully saturated rings. The summed E-state index contributed by atoms with van der Waals surface area (Å²) >= 11 is 7.85. The van der Waals surface area contributed by atoms with E-state index in [0.717, 1.165) is 55.7 Å². The highest BCUT2D eigenvalue weighted by atomic mass is 35.5. The molecule has 0 bridgehead atoms. The van der Waals surface area contributed by atoms with E-state index < -0.39 is 17.7 Å². The quantitative estimate of drug-likeness (QED) is 0.562. The molecule has 9 nitrogen and oxygen atoms in total. The van der Waals surface area contributed by atoms with Gasteiger partial charge in [0.15, 0.2) is 0 Å². The van der Waals surface area contributed by atoms with Gasteiger partial charge in [-0.2, -0.15) is 5.10 Å². The molecule has 1 aromatic heterocycles. The van der Waals surface area contributed by atoms with E-state index in [1.807, 2.05) is 61.5 Å². The molecule has 0 radical (unpaired) electrons. The van der Waals surface area contributed by atoms with Gasteiger partial charge in [0.2, 0.25) is 5.91 Å². The van der Waals surface area contributed by atoms with Crippen molar-refractivity contribution in [3.05, 3.63) is 41.0 Å². The van der Waals surface area contributed by atoms with Crippen LogP contribution in [-0.2, 0) is 9.53 Å². The molecule has 4 heterocycles. The number of benzene rings is 1. The number of halogens is 1. The second kappa shape index (κ2) is 11.0. The second-order valence-corrected chi connectivity index (χ2v) is 12.7. The Morgan fingerprint density at radius 1 is 1.08 bits per heavy atom. The van der Waals surface area contributed by atoms with Crippen LogP contribution in [0.15, 0.2) is 30.3 Å². The van der Waals surface area contributed by atoms with Crippen LogP contribution >= 0.6 is 23.4 Å². The number of amides is 2. The van der Waals surface area contributed by atoms with E-state index >= 15 is 0 Å². The van der Waals surface area contributed by atoms with Crippen LogP contribution in [0.2, 0.25) is 5.02 Å². The lowest BCUT2D eigenvalue weighted by atomic mass is 10.1. The highest BCUT2D eigenvalue weighted by molar-refractivity contribution is 7.99.